The summed E-state index contributed by atoms with van der Waals surface area (Å²) in [6, 6.07) is 14.2. The first-order valence-electron chi connectivity index (χ1n) is 10.7. The first-order valence-corrected chi connectivity index (χ1v) is 10.7. The highest BCUT2D eigenvalue weighted by molar-refractivity contribution is 5.91. The van der Waals surface area contributed by atoms with Gasteiger partial charge in [0.25, 0.3) is 0 Å². The van der Waals surface area contributed by atoms with Gasteiger partial charge >= 0.3 is 6.18 Å². The minimum absolute atomic E-state index is 0.551. The van der Waals surface area contributed by atoms with Gasteiger partial charge in [0.15, 0.2) is 5.82 Å². The number of benzene rings is 1. The van der Waals surface area contributed by atoms with E-state index in [9.17, 15) is 13.2 Å². The van der Waals surface area contributed by atoms with Gasteiger partial charge in [-0.2, -0.15) is 13.2 Å². The van der Waals surface area contributed by atoms with Gasteiger partial charge in [0, 0.05) is 55.7 Å². The Balaban J connectivity index is 1.43. The van der Waals surface area contributed by atoms with E-state index in [1.54, 1.807) is 12.4 Å². The van der Waals surface area contributed by atoms with E-state index in [1.807, 2.05) is 41.3 Å². The van der Waals surface area contributed by atoms with E-state index in [1.165, 1.54) is 6.07 Å². The number of anilines is 2. The summed E-state index contributed by atoms with van der Waals surface area (Å²) in [6.45, 7) is 2.77. The van der Waals surface area contributed by atoms with Crippen LogP contribution in [0.4, 0.5) is 24.8 Å². The van der Waals surface area contributed by atoms with Crippen LogP contribution in [0.1, 0.15) is 12.0 Å². The van der Waals surface area contributed by atoms with E-state index >= 15 is 0 Å². The monoisotopic (exact) mass is 450 g/mol. The van der Waals surface area contributed by atoms with Crippen LogP contribution in [0.5, 0.6) is 0 Å². The van der Waals surface area contributed by atoms with E-state index in [-0.39, 0.29) is 0 Å². The highest BCUT2D eigenvalue weighted by Crippen LogP contribution is 2.31. The van der Waals surface area contributed by atoms with Gasteiger partial charge in [-0.25, -0.2) is 15.0 Å². The zero-order valence-corrected chi connectivity index (χ0v) is 17.7. The van der Waals surface area contributed by atoms with Crippen molar-refractivity contribution in [2.45, 2.75) is 12.6 Å². The SMILES string of the molecule is FC(F)(F)c1ccc(N2CCCN(c3nc(-c4ccncc4)nc4ccccc34)CC2)nc1. The number of para-hydroxylation sites is 1. The molecular formula is C24H21F3N6. The first-order chi connectivity index (χ1) is 16.0. The lowest BCUT2D eigenvalue weighted by Gasteiger charge is -2.25. The molecule has 6 nitrogen and oxygen atoms in total. The summed E-state index contributed by atoms with van der Waals surface area (Å²) in [5, 5.41) is 0.969. The van der Waals surface area contributed by atoms with Crippen molar-refractivity contribution >= 4 is 22.5 Å². The third-order valence-electron chi connectivity index (χ3n) is 5.72. The van der Waals surface area contributed by atoms with E-state index < -0.39 is 11.7 Å². The number of rotatable bonds is 3. The fraction of sp³-hybridized carbons (Fsp3) is 0.250. The maximum Gasteiger partial charge on any atom is 0.417 e. The summed E-state index contributed by atoms with van der Waals surface area (Å²) < 4.78 is 38.6. The molecule has 0 N–H and O–H groups in total. The molecule has 9 heteroatoms. The molecule has 1 aromatic carbocycles. The Hall–Kier alpha value is -3.75. The molecule has 0 unspecified atom stereocenters. The lowest BCUT2D eigenvalue weighted by molar-refractivity contribution is -0.137. The summed E-state index contributed by atoms with van der Waals surface area (Å²) in [5.74, 6) is 2.04. The molecule has 168 valence electrons. The van der Waals surface area contributed by atoms with Crippen molar-refractivity contribution in [1.82, 2.24) is 19.9 Å². The van der Waals surface area contributed by atoms with Crippen molar-refractivity contribution in [1.29, 1.82) is 0 Å². The highest BCUT2D eigenvalue weighted by Gasteiger charge is 2.31. The van der Waals surface area contributed by atoms with Crippen molar-refractivity contribution in [3.8, 4) is 11.4 Å². The molecule has 0 aliphatic carbocycles. The third-order valence-corrected chi connectivity index (χ3v) is 5.72. The second-order valence-electron chi connectivity index (χ2n) is 7.85. The van der Waals surface area contributed by atoms with Gasteiger partial charge in [-0.1, -0.05) is 12.1 Å². The van der Waals surface area contributed by atoms with Crippen molar-refractivity contribution in [3.05, 3.63) is 72.7 Å². The number of aromatic nitrogens is 4. The van der Waals surface area contributed by atoms with Crippen LogP contribution in [0.25, 0.3) is 22.3 Å². The highest BCUT2D eigenvalue weighted by atomic mass is 19.4. The molecule has 4 heterocycles. The van der Waals surface area contributed by atoms with Crippen molar-refractivity contribution in [2.75, 3.05) is 36.0 Å². The van der Waals surface area contributed by atoms with Gasteiger partial charge in [0.2, 0.25) is 0 Å². The Labute approximate surface area is 188 Å². The number of fused-ring (bicyclic) bond motifs is 1. The summed E-state index contributed by atoms with van der Waals surface area (Å²) >= 11 is 0. The van der Waals surface area contributed by atoms with E-state index in [4.69, 9.17) is 9.97 Å². The van der Waals surface area contributed by atoms with Gasteiger partial charge in [0.05, 0.1) is 11.1 Å². The molecule has 0 saturated carbocycles. The van der Waals surface area contributed by atoms with E-state index in [0.29, 0.717) is 31.3 Å². The smallest absolute Gasteiger partial charge is 0.355 e. The number of halogens is 3. The van der Waals surface area contributed by atoms with Crippen LogP contribution in [0, 0.1) is 0 Å². The van der Waals surface area contributed by atoms with Gasteiger partial charge < -0.3 is 9.80 Å². The van der Waals surface area contributed by atoms with Gasteiger partial charge in [-0.05, 0) is 42.8 Å². The normalized spacial score (nSPS) is 15.0. The molecule has 1 saturated heterocycles. The Bertz CT molecular complexity index is 1240. The summed E-state index contributed by atoms with van der Waals surface area (Å²) in [6.07, 6.45) is 0.771. The quantitative estimate of drug-likeness (QED) is 0.446. The average molecular weight is 450 g/mol. The molecule has 4 aromatic rings. The van der Waals surface area contributed by atoms with Crippen molar-refractivity contribution in [3.63, 3.8) is 0 Å². The fourth-order valence-electron chi connectivity index (χ4n) is 4.03. The maximum absolute atomic E-state index is 12.9. The largest absolute Gasteiger partial charge is 0.417 e. The predicted molar refractivity (Wildman–Crippen MR) is 121 cm³/mol. The molecule has 0 bridgehead atoms. The van der Waals surface area contributed by atoms with Crippen molar-refractivity contribution in [2.24, 2.45) is 0 Å². The molecule has 0 amide bonds. The Kier molecular flexibility index (Phi) is 5.53. The summed E-state index contributed by atoms with van der Waals surface area (Å²) in [5.41, 5.74) is 1.01. The van der Waals surface area contributed by atoms with Crippen LogP contribution >= 0.6 is 0 Å². The van der Waals surface area contributed by atoms with Gasteiger partial charge in [-0.15, -0.1) is 0 Å². The lowest BCUT2D eigenvalue weighted by atomic mass is 10.2. The van der Waals surface area contributed by atoms with Gasteiger partial charge in [-0.3, -0.25) is 4.98 Å². The molecule has 33 heavy (non-hydrogen) atoms. The van der Waals surface area contributed by atoms with Crippen LogP contribution in [0.2, 0.25) is 0 Å². The van der Waals surface area contributed by atoms with Crippen LogP contribution < -0.4 is 9.80 Å². The Morgan fingerprint density at radius 2 is 1.55 bits per heavy atom. The molecule has 0 radical (unpaired) electrons. The molecule has 1 aliphatic heterocycles. The zero-order chi connectivity index (χ0) is 22.8. The van der Waals surface area contributed by atoms with Crippen LogP contribution in [0.3, 0.4) is 0 Å². The topological polar surface area (TPSA) is 58.0 Å². The van der Waals surface area contributed by atoms with Crippen LogP contribution in [0.15, 0.2) is 67.1 Å². The Morgan fingerprint density at radius 1 is 0.788 bits per heavy atom. The molecule has 1 fully saturated rings. The van der Waals surface area contributed by atoms with Gasteiger partial charge in [0.1, 0.15) is 11.6 Å². The predicted octanol–water partition coefficient (Wildman–Crippen LogP) is 4.82. The fourth-order valence-corrected chi connectivity index (χ4v) is 4.03. The Morgan fingerprint density at radius 3 is 2.30 bits per heavy atom. The standard InChI is InChI=1S/C24H21F3N6/c25-24(26,27)18-6-7-21(29-16-18)32-12-3-13-33(15-14-32)23-19-4-1-2-5-20(19)30-22(31-23)17-8-10-28-11-9-17/h1-2,4-11,16H,3,12-15H2. The molecular weight excluding hydrogens is 429 g/mol. The number of hydrogen-bond acceptors (Lipinski definition) is 6. The maximum atomic E-state index is 12.9. The molecule has 0 spiro atoms. The summed E-state index contributed by atoms with van der Waals surface area (Å²) in [4.78, 5) is 22.0. The molecule has 5 rings (SSSR count). The number of pyridine rings is 2. The lowest BCUT2D eigenvalue weighted by Crippen LogP contribution is -2.31. The number of hydrogen-bond donors (Lipinski definition) is 0. The molecule has 3 aromatic heterocycles. The van der Waals surface area contributed by atoms with Crippen LogP contribution in [-0.4, -0.2) is 46.1 Å². The van der Waals surface area contributed by atoms with Crippen LogP contribution in [-0.2, 0) is 6.18 Å². The minimum Gasteiger partial charge on any atom is -0.355 e. The second kappa shape index (κ2) is 8.65. The number of alkyl halides is 3. The molecule has 0 atom stereocenters. The van der Waals surface area contributed by atoms with E-state index in [2.05, 4.69) is 14.9 Å². The van der Waals surface area contributed by atoms with E-state index in [0.717, 1.165) is 47.5 Å². The first kappa shape index (κ1) is 21.1. The van der Waals surface area contributed by atoms with Crippen molar-refractivity contribution < 1.29 is 13.2 Å². The third kappa shape index (κ3) is 4.44. The molecule has 1 aliphatic rings. The summed E-state index contributed by atoms with van der Waals surface area (Å²) in [7, 11) is 0. The average Bonchev–Trinajstić information content (AvgIpc) is 3.10. The number of nitrogens with zero attached hydrogens (tertiary/aromatic N) is 6. The second-order valence-corrected chi connectivity index (χ2v) is 7.85. The minimum atomic E-state index is -4.39. The zero-order valence-electron chi connectivity index (χ0n) is 17.7.